The summed E-state index contributed by atoms with van der Waals surface area (Å²) >= 11 is 7.26. The molecule has 27 heavy (non-hydrogen) atoms. The lowest BCUT2D eigenvalue weighted by atomic mass is 10.2. The molecule has 3 rings (SSSR count). The minimum atomic E-state index is -0.475. The smallest absolute Gasteiger partial charge is 0.223 e. The van der Waals surface area contributed by atoms with Crippen molar-refractivity contribution < 1.29 is 13.5 Å². The molecule has 0 spiro atoms. The van der Waals surface area contributed by atoms with Crippen molar-refractivity contribution in [3.05, 3.63) is 75.9 Å². The zero-order valence-electron chi connectivity index (χ0n) is 14.8. The Morgan fingerprint density at radius 2 is 1.89 bits per heavy atom. The van der Waals surface area contributed by atoms with Crippen molar-refractivity contribution in [3.8, 4) is 11.6 Å². The summed E-state index contributed by atoms with van der Waals surface area (Å²) in [5, 5.41) is 1.10. The summed E-state index contributed by atoms with van der Waals surface area (Å²) in [6.07, 6.45) is 0.695. The quantitative estimate of drug-likeness (QED) is 0.352. The van der Waals surface area contributed by atoms with E-state index in [9.17, 15) is 8.78 Å². The highest BCUT2D eigenvalue weighted by molar-refractivity contribution is 7.98. The van der Waals surface area contributed by atoms with Crippen molar-refractivity contribution in [2.45, 2.75) is 31.2 Å². The molecule has 1 heterocycles. The summed E-state index contributed by atoms with van der Waals surface area (Å²) in [5.74, 6) is 0.299. The molecular weight excluding hydrogens is 390 g/mol. The maximum absolute atomic E-state index is 13.8. The van der Waals surface area contributed by atoms with Crippen LogP contribution in [0.1, 0.15) is 23.7 Å². The van der Waals surface area contributed by atoms with Crippen LogP contribution in [0.3, 0.4) is 0 Å². The van der Waals surface area contributed by atoms with E-state index in [0.717, 1.165) is 23.4 Å². The van der Waals surface area contributed by atoms with Gasteiger partial charge in [-0.05, 0) is 55.3 Å². The van der Waals surface area contributed by atoms with Crippen LogP contribution in [-0.4, -0.2) is 9.97 Å². The van der Waals surface area contributed by atoms with Gasteiger partial charge in [0.05, 0.1) is 0 Å². The Bertz CT molecular complexity index is 969. The van der Waals surface area contributed by atoms with Crippen LogP contribution in [0, 0.1) is 18.6 Å². The number of ether oxygens (including phenoxy) is 1. The molecule has 0 bridgehead atoms. The number of aromatic nitrogens is 2. The van der Waals surface area contributed by atoms with Crippen molar-refractivity contribution in [3.63, 3.8) is 0 Å². The molecule has 0 aliphatic carbocycles. The molecule has 3 nitrogen and oxygen atoms in total. The summed E-state index contributed by atoms with van der Waals surface area (Å²) in [4.78, 5) is 8.80. The second-order valence-corrected chi connectivity index (χ2v) is 7.22. The van der Waals surface area contributed by atoms with Crippen LogP contribution in [0.25, 0.3) is 0 Å². The maximum Gasteiger partial charge on any atom is 0.223 e. The number of benzene rings is 2. The summed E-state index contributed by atoms with van der Waals surface area (Å²) in [6.45, 7) is 3.86. The lowest BCUT2D eigenvalue weighted by molar-refractivity contribution is 0.453. The first kappa shape index (κ1) is 19.6. The van der Waals surface area contributed by atoms with Crippen molar-refractivity contribution in [2.75, 3.05) is 0 Å². The Morgan fingerprint density at radius 3 is 2.63 bits per heavy atom. The summed E-state index contributed by atoms with van der Waals surface area (Å²) in [6, 6.07) is 10.5. The van der Waals surface area contributed by atoms with Gasteiger partial charge in [-0.25, -0.2) is 13.8 Å². The van der Waals surface area contributed by atoms with E-state index in [0.29, 0.717) is 28.2 Å². The molecule has 0 saturated heterocycles. The van der Waals surface area contributed by atoms with E-state index in [1.165, 1.54) is 17.8 Å². The van der Waals surface area contributed by atoms with Crippen molar-refractivity contribution >= 4 is 23.4 Å². The summed E-state index contributed by atoms with van der Waals surface area (Å²) in [7, 11) is 0. The molecule has 2 aromatic carbocycles. The molecule has 0 radical (unpaired) electrons. The Balaban J connectivity index is 1.80. The number of rotatable bonds is 6. The van der Waals surface area contributed by atoms with Gasteiger partial charge in [0.25, 0.3) is 0 Å². The number of halogens is 3. The fraction of sp³-hybridized carbons (Fsp3) is 0.200. The van der Waals surface area contributed by atoms with E-state index in [-0.39, 0.29) is 11.3 Å². The van der Waals surface area contributed by atoms with Crippen molar-refractivity contribution in [1.82, 2.24) is 9.97 Å². The lowest BCUT2D eigenvalue weighted by Gasteiger charge is -2.10. The minimum absolute atomic E-state index is 0.219. The molecule has 0 unspecified atom stereocenters. The predicted octanol–water partition coefficient (Wildman–Crippen LogP) is 6.36. The van der Waals surface area contributed by atoms with E-state index in [4.69, 9.17) is 16.3 Å². The SMILES string of the molecule is CCc1cc(Oc2ccc(Cl)c(C)c2)nc(SCc2cc(F)ccc2F)n1. The summed E-state index contributed by atoms with van der Waals surface area (Å²) < 4.78 is 33.0. The van der Waals surface area contributed by atoms with Gasteiger partial charge >= 0.3 is 0 Å². The van der Waals surface area contributed by atoms with Crippen LogP contribution in [0.2, 0.25) is 5.02 Å². The topological polar surface area (TPSA) is 35.0 Å². The van der Waals surface area contributed by atoms with Gasteiger partial charge in [-0.3, -0.25) is 0 Å². The first-order valence-corrected chi connectivity index (χ1v) is 9.69. The fourth-order valence-corrected chi connectivity index (χ4v) is 3.30. The fourth-order valence-electron chi connectivity index (χ4n) is 2.34. The number of thioether (sulfide) groups is 1. The highest BCUT2D eigenvalue weighted by Crippen LogP contribution is 2.28. The van der Waals surface area contributed by atoms with E-state index < -0.39 is 11.6 Å². The van der Waals surface area contributed by atoms with Crippen molar-refractivity contribution in [1.29, 1.82) is 0 Å². The Kier molecular flexibility index (Phi) is 6.29. The van der Waals surface area contributed by atoms with E-state index in [1.54, 1.807) is 18.2 Å². The third-order valence-corrected chi connectivity index (χ3v) is 5.13. The number of hydrogen-bond acceptors (Lipinski definition) is 4. The van der Waals surface area contributed by atoms with Crippen LogP contribution < -0.4 is 4.74 Å². The highest BCUT2D eigenvalue weighted by Gasteiger charge is 2.10. The van der Waals surface area contributed by atoms with Gasteiger partial charge in [0.1, 0.15) is 17.4 Å². The zero-order valence-corrected chi connectivity index (χ0v) is 16.4. The maximum atomic E-state index is 13.8. The third-order valence-electron chi connectivity index (χ3n) is 3.81. The van der Waals surface area contributed by atoms with Crippen LogP contribution in [-0.2, 0) is 12.2 Å². The average molecular weight is 407 g/mol. The van der Waals surface area contributed by atoms with Crippen molar-refractivity contribution in [2.24, 2.45) is 0 Å². The monoisotopic (exact) mass is 406 g/mol. The molecule has 7 heteroatoms. The molecular formula is C20H17ClF2N2OS. The molecule has 140 valence electrons. The van der Waals surface area contributed by atoms with Gasteiger partial charge in [0.2, 0.25) is 5.88 Å². The van der Waals surface area contributed by atoms with Gasteiger partial charge in [-0.2, -0.15) is 4.98 Å². The standard InChI is InChI=1S/C20H17ClF2N2OS/c1-3-15-10-19(26-16-5-6-17(21)12(2)8-16)25-20(24-15)27-11-13-9-14(22)4-7-18(13)23/h4-10H,3,11H2,1-2H3. The first-order chi connectivity index (χ1) is 12.9. The zero-order chi connectivity index (χ0) is 19.4. The number of hydrogen-bond donors (Lipinski definition) is 0. The van der Waals surface area contributed by atoms with Crippen LogP contribution in [0.15, 0.2) is 47.6 Å². The van der Waals surface area contributed by atoms with Crippen LogP contribution in [0.4, 0.5) is 8.78 Å². The van der Waals surface area contributed by atoms with E-state index >= 15 is 0 Å². The number of aryl methyl sites for hydroxylation is 2. The second-order valence-electron chi connectivity index (χ2n) is 5.87. The number of nitrogens with zero attached hydrogens (tertiary/aromatic N) is 2. The lowest BCUT2D eigenvalue weighted by Crippen LogP contribution is -1.98. The van der Waals surface area contributed by atoms with Gasteiger partial charge in [-0.15, -0.1) is 0 Å². The van der Waals surface area contributed by atoms with E-state index in [2.05, 4.69) is 9.97 Å². The summed E-state index contributed by atoms with van der Waals surface area (Å²) in [5.41, 5.74) is 1.96. The minimum Gasteiger partial charge on any atom is -0.439 e. The van der Waals surface area contributed by atoms with E-state index in [1.807, 2.05) is 19.9 Å². The van der Waals surface area contributed by atoms with Gasteiger partial charge in [0.15, 0.2) is 5.16 Å². The highest BCUT2D eigenvalue weighted by atomic mass is 35.5. The Labute approximate surface area is 165 Å². The molecule has 0 amide bonds. The van der Waals surface area contributed by atoms with Crippen LogP contribution >= 0.6 is 23.4 Å². The second kappa shape index (κ2) is 8.67. The molecule has 0 fully saturated rings. The average Bonchev–Trinajstić information content (AvgIpc) is 2.65. The third kappa shape index (κ3) is 5.17. The molecule has 0 saturated carbocycles. The van der Waals surface area contributed by atoms with Gasteiger partial charge < -0.3 is 4.74 Å². The normalized spacial score (nSPS) is 10.9. The molecule has 3 aromatic rings. The molecule has 1 aromatic heterocycles. The molecule has 0 aliphatic rings. The molecule has 0 aliphatic heterocycles. The van der Waals surface area contributed by atoms with Gasteiger partial charge in [0, 0.05) is 28.1 Å². The Morgan fingerprint density at radius 1 is 1.07 bits per heavy atom. The molecule has 0 N–H and O–H groups in total. The molecule has 0 atom stereocenters. The predicted molar refractivity (Wildman–Crippen MR) is 104 cm³/mol. The van der Waals surface area contributed by atoms with Crippen LogP contribution in [0.5, 0.6) is 11.6 Å². The Hall–Kier alpha value is -2.18. The van der Waals surface area contributed by atoms with Gasteiger partial charge in [-0.1, -0.05) is 30.3 Å². The first-order valence-electron chi connectivity index (χ1n) is 8.33. The largest absolute Gasteiger partial charge is 0.439 e.